The largest absolute Gasteiger partial charge is 0.327 e. The van der Waals surface area contributed by atoms with Crippen molar-refractivity contribution in [3.8, 4) is 0 Å². The minimum atomic E-state index is -0.223. The molecular weight excluding hydrogens is 212 g/mol. The normalized spacial score (nSPS) is 14.7. The summed E-state index contributed by atoms with van der Waals surface area (Å²) in [6.45, 7) is 5.60. The lowest BCUT2D eigenvalue weighted by atomic mass is 10.0. The van der Waals surface area contributed by atoms with E-state index in [0.717, 1.165) is 11.4 Å². The SMILES string of the molecule is CCc1nnc(NC(=O)[C@@H](C)[C@H](C)N)s1. The molecule has 1 aromatic heterocycles. The maximum absolute atomic E-state index is 11.6. The minimum Gasteiger partial charge on any atom is -0.327 e. The quantitative estimate of drug-likeness (QED) is 0.806. The Hall–Kier alpha value is -1.01. The van der Waals surface area contributed by atoms with Crippen molar-refractivity contribution in [1.82, 2.24) is 10.2 Å². The molecule has 0 saturated carbocycles. The number of rotatable bonds is 4. The molecule has 0 bridgehead atoms. The first-order chi connectivity index (χ1) is 7.04. The maximum Gasteiger partial charge on any atom is 0.230 e. The first-order valence-corrected chi connectivity index (χ1v) is 5.75. The second-order valence-electron chi connectivity index (χ2n) is 3.49. The Bertz CT molecular complexity index is 337. The molecule has 0 aliphatic heterocycles. The van der Waals surface area contributed by atoms with Crippen molar-refractivity contribution in [2.45, 2.75) is 33.2 Å². The third-order valence-electron chi connectivity index (χ3n) is 2.20. The summed E-state index contributed by atoms with van der Waals surface area (Å²) in [6, 6.07) is -0.163. The highest BCUT2D eigenvalue weighted by Gasteiger charge is 2.18. The lowest BCUT2D eigenvalue weighted by Crippen LogP contribution is -2.34. The van der Waals surface area contributed by atoms with Gasteiger partial charge in [-0.15, -0.1) is 10.2 Å². The highest BCUT2D eigenvalue weighted by atomic mass is 32.1. The van der Waals surface area contributed by atoms with E-state index in [0.29, 0.717) is 5.13 Å². The van der Waals surface area contributed by atoms with Crippen LogP contribution in [0.15, 0.2) is 0 Å². The number of hydrogen-bond acceptors (Lipinski definition) is 5. The van der Waals surface area contributed by atoms with Crippen LogP contribution >= 0.6 is 11.3 Å². The standard InChI is InChI=1S/C9H16N4OS/c1-4-7-12-13-9(15-7)11-8(14)5(2)6(3)10/h5-6H,4,10H2,1-3H3,(H,11,13,14)/t5-,6-/m0/s1. The van der Waals surface area contributed by atoms with Crippen molar-refractivity contribution in [3.05, 3.63) is 5.01 Å². The van der Waals surface area contributed by atoms with Crippen LogP contribution in [-0.2, 0) is 11.2 Å². The maximum atomic E-state index is 11.6. The van der Waals surface area contributed by atoms with Crippen LogP contribution in [0.1, 0.15) is 25.8 Å². The van der Waals surface area contributed by atoms with E-state index in [1.54, 1.807) is 6.92 Å². The number of anilines is 1. The first kappa shape index (κ1) is 12.1. The molecular formula is C9H16N4OS. The van der Waals surface area contributed by atoms with Gasteiger partial charge in [0.2, 0.25) is 11.0 Å². The zero-order valence-electron chi connectivity index (χ0n) is 9.15. The molecule has 2 atom stereocenters. The van der Waals surface area contributed by atoms with E-state index < -0.39 is 0 Å². The second-order valence-corrected chi connectivity index (χ2v) is 4.55. The highest BCUT2D eigenvalue weighted by Crippen LogP contribution is 2.16. The number of amides is 1. The van der Waals surface area contributed by atoms with Crippen LogP contribution in [0.25, 0.3) is 0 Å². The second kappa shape index (κ2) is 5.18. The molecule has 0 aromatic carbocycles. The third-order valence-corrected chi connectivity index (χ3v) is 3.18. The highest BCUT2D eigenvalue weighted by molar-refractivity contribution is 7.15. The lowest BCUT2D eigenvalue weighted by Gasteiger charge is -2.13. The fourth-order valence-electron chi connectivity index (χ4n) is 0.905. The molecule has 0 aliphatic carbocycles. The summed E-state index contributed by atoms with van der Waals surface area (Å²) in [7, 11) is 0. The molecule has 1 aromatic rings. The van der Waals surface area contributed by atoms with Gasteiger partial charge in [0.05, 0.1) is 5.92 Å². The van der Waals surface area contributed by atoms with Gasteiger partial charge in [-0.2, -0.15) is 0 Å². The summed E-state index contributed by atoms with van der Waals surface area (Å²) in [4.78, 5) is 11.6. The third kappa shape index (κ3) is 3.24. The van der Waals surface area contributed by atoms with Crippen LogP contribution in [0, 0.1) is 5.92 Å². The Labute approximate surface area is 93.1 Å². The van der Waals surface area contributed by atoms with Gasteiger partial charge < -0.3 is 11.1 Å². The Balaban J connectivity index is 2.58. The van der Waals surface area contributed by atoms with E-state index in [2.05, 4.69) is 15.5 Å². The average Bonchev–Trinajstić information content (AvgIpc) is 2.64. The number of nitrogens with zero attached hydrogens (tertiary/aromatic N) is 2. The van der Waals surface area contributed by atoms with E-state index in [9.17, 15) is 4.79 Å². The molecule has 0 unspecified atom stereocenters. The molecule has 6 heteroatoms. The molecule has 0 aliphatic rings. The Morgan fingerprint density at radius 1 is 1.53 bits per heavy atom. The lowest BCUT2D eigenvalue weighted by molar-refractivity contribution is -0.119. The summed E-state index contributed by atoms with van der Waals surface area (Å²) in [5, 5.41) is 11.9. The van der Waals surface area contributed by atoms with Gasteiger partial charge in [0.1, 0.15) is 5.01 Å². The number of carbonyl (C=O) groups is 1. The fraction of sp³-hybridized carbons (Fsp3) is 0.667. The number of aromatic nitrogens is 2. The fourth-order valence-corrected chi connectivity index (χ4v) is 1.59. The molecule has 5 nitrogen and oxygen atoms in total. The van der Waals surface area contributed by atoms with Crippen LogP contribution in [0.4, 0.5) is 5.13 Å². The molecule has 15 heavy (non-hydrogen) atoms. The number of hydrogen-bond donors (Lipinski definition) is 2. The van der Waals surface area contributed by atoms with E-state index in [-0.39, 0.29) is 17.9 Å². The molecule has 3 N–H and O–H groups in total. The van der Waals surface area contributed by atoms with Crippen LogP contribution in [0.5, 0.6) is 0 Å². The van der Waals surface area contributed by atoms with E-state index in [4.69, 9.17) is 5.73 Å². The van der Waals surface area contributed by atoms with Crippen molar-refractivity contribution in [2.24, 2.45) is 11.7 Å². The van der Waals surface area contributed by atoms with Crippen LogP contribution in [-0.4, -0.2) is 22.1 Å². The van der Waals surface area contributed by atoms with Gasteiger partial charge in [0.15, 0.2) is 0 Å². The van der Waals surface area contributed by atoms with Gasteiger partial charge in [0.25, 0.3) is 0 Å². The molecule has 1 rings (SSSR count). The monoisotopic (exact) mass is 228 g/mol. The van der Waals surface area contributed by atoms with E-state index in [1.807, 2.05) is 13.8 Å². The molecule has 0 saturated heterocycles. The average molecular weight is 228 g/mol. The number of nitrogens with one attached hydrogen (secondary N) is 1. The predicted octanol–water partition coefficient (Wildman–Crippen LogP) is 1.02. The van der Waals surface area contributed by atoms with Crippen molar-refractivity contribution < 1.29 is 4.79 Å². The van der Waals surface area contributed by atoms with Gasteiger partial charge in [0, 0.05) is 6.04 Å². The van der Waals surface area contributed by atoms with Crippen LogP contribution < -0.4 is 11.1 Å². The van der Waals surface area contributed by atoms with Crippen molar-refractivity contribution >= 4 is 22.4 Å². The summed E-state index contributed by atoms with van der Waals surface area (Å²) >= 11 is 1.40. The number of nitrogens with two attached hydrogens (primary N) is 1. The minimum absolute atomic E-state index is 0.108. The van der Waals surface area contributed by atoms with Gasteiger partial charge in [-0.3, -0.25) is 4.79 Å². The topological polar surface area (TPSA) is 80.9 Å². The molecule has 0 fully saturated rings. The molecule has 0 radical (unpaired) electrons. The van der Waals surface area contributed by atoms with Crippen molar-refractivity contribution in [1.29, 1.82) is 0 Å². The molecule has 84 valence electrons. The van der Waals surface area contributed by atoms with Crippen LogP contribution in [0.3, 0.4) is 0 Å². The molecule has 1 amide bonds. The smallest absolute Gasteiger partial charge is 0.230 e. The molecule has 0 spiro atoms. The number of carbonyl (C=O) groups excluding carboxylic acids is 1. The predicted molar refractivity (Wildman–Crippen MR) is 60.7 cm³/mol. The van der Waals surface area contributed by atoms with E-state index >= 15 is 0 Å². The zero-order valence-corrected chi connectivity index (χ0v) is 9.97. The van der Waals surface area contributed by atoms with Crippen LogP contribution in [0.2, 0.25) is 0 Å². The Kier molecular flexibility index (Phi) is 4.16. The Morgan fingerprint density at radius 2 is 2.20 bits per heavy atom. The number of aryl methyl sites for hydroxylation is 1. The van der Waals surface area contributed by atoms with Crippen molar-refractivity contribution in [3.63, 3.8) is 0 Å². The van der Waals surface area contributed by atoms with Crippen molar-refractivity contribution in [2.75, 3.05) is 5.32 Å². The summed E-state index contributed by atoms with van der Waals surface area (Å²) in [5.41, 5.74) is 5.63. The zero-order chi connectivity index (χ0) is 11.4. The van der Waals surface area contributed by atoms with Gasteiger partial charge >= 0.3 is 0 Å². The van der Waals surface area contributed by atoms with E-state index in [1.165, 1.54) is 11.3 Å². The van der Waals surface area contributed by atoms with Gasteiger partial charge in [-0.05, 0) is 13.3 Å². The summed E-state index contributed by atoms with van der Waals surface area (Å²) < 4.78 is 0. The summed E-state index contributed by atoms with van der Waals surface area (Å²) in [6.07, 6.45) is 0.830. The van der Waals surface area contributed by atoms with Gasteiger partial charge in [-0.25, -0.2) is 0 Å². The van der Waals surface area contributed by atoms with Gasteiger partial charge in [-0.1, -0.05) is 25.2 Å². The first-order valence-electron chi connectivity index (χ1n) is 4.93. The molecule has 1 heterocycles. The Morgan fingerprint density at radius 3 is 2.67 bits per heavy atom. The summed E-state index contributed by atoms with van der Waals surface area (Å²) in [5.74, 6) is -0.331.